The average Bonchev–Trinajstić information content (AvgIpc) is 3.30. The van der Waals surface area contributed by atoms with E-state index >= 15 is 0 Å². The molecule has 0 unspecified atom stereocenters. The Labute approximate surface area is 224 Å². The number of halogens is 2. The van der Waals surface area contributed by atoms with Gasteiger partial charge in [0, 0.05) is 0 Å². The molecule has 0 aliphatic heterocycles. The molecule has 3 aromatic carbocycles. The van der Waals surface area contributed by atoms with Gasteiger partial charge < -0.3 is 24.8 Å². The van der Waals surface area contributed by atoms with Gasteiger partial charge in [0.15, 0.2) is 0 Å². The summed E-state index contributed by atoms with van der Waals surface area (Å²) in [5, 5.41) is 1.17. The fourth-order valence-corrected chi connectivity index (χ4v) is 6.07. The van der Waals surface area contributed by atoms with Gasteiger partial charge in [0.25, 0.3) is 0 Å². The van der Waals surface area contributed by atoms with Crippen LogP contribution in [0.5, 0.6) is 0 Å². The number of rotatable bonds is 0. The van der Waals surface area contributed by atoms with Crippen molar-refractivity contribution in [2.24, 2.45) is 0 Å². The van der Waals surface area contributed by atoms with E-state index in [-0.39, 0.29) is 30.2 Å². The van der Waals surface area contributed by atoms with Crippen LogP contribution in [-0.4, -0.2) is 5.43 Å². The Balaban J connectivity index is 0.000000494. The largest absolute Gasteiger partial charge is 1.00 e. The van der Waals surface area contributed by atoms with Crippen molar-refractivity contribution in [1.29, 1.82) is 0 Å². The van der Waals surface area contributed by atoms with E-state index in [9.17, 15) is 0 Å². The Morgan fingerprint density at radius 2 is 1.38 bits per heavy atom. The minimum atomic E-state index is -0.131. The number of aryl methyl sites for hydroxylation is 2. The summed E-state index contributed by atoms with van der Waals surface area (Å²) in [4.78, 5) is 0. The zero-order chi connectivity index (χ0) is 22.5. The van der Waals surface area contributed by atoms with Crippen LogP contribution in [-0.2, 0) is 29.8 Å². The molecule has 1 aliphatic rings. The molecule has 0 nitrogen and oxygen atoms in total. The topological polar surface area (TPSA) is 0 Å². The molecule has 0 atom stereocenters. The van der Waals surface area contributed by atoms with E-state index in [0.717, 1.165) is 6.42 Å². The molecule has 0 saturated carbocycles. The maximum absolute atomic E-state index is 3.45. The van der Waals surface area contributed by atoms with Crippen LogP contribution in [0.2, 0.25) is 10.1 Å². The van der Waals surface area contributed by atoms with E-state index in [1.54, 1.807) is 23.3 Å². The van der Waals surface area contributed by atoms with Gasteiger partial charge >= 0.3 is 80.4 Å². The summed E-state index contributed by atoms with van der Waals surface area (Å²) in [7, 11) is 0. The van der Waals surface area contributed by atoms with Crippen LogP contribution >= 0.6 is 0 Å². The third-order valence-electron chi connectivity index (χ3n) is 5.15. The average molecular weight is 563 g/mol. The van der Waals surface area contributed by atoms with Crippen LogP contribution in [0.3, 0.4) is 0 Å². The first kappa shape index (κ1) is 31.5. The van der Waals surface area contributed by atoms with E-state index in [1.165, 1.54) is 33.4 Å². The van der Waals surface area contributed by atoms with E-state index in [4.69, 9.17) is 0 Å². The number of hydrogen-bond acceptors (Lipinski definition) is 0. The first-order chi connectivity index (χ1) is 13.9. The summed E-state index contributed by atoms with van der Waals surface area (Å²) in [6.07, 6.45) is 1.05. The summed E-state index contributed by atoms with van der Waals surface area (Å²) in [5.74, 6) is 0. The van der Waals surface area contributed by atoms with Gasteiger partial charge in [0.2, 0.25) is 0 Å². The predicted molar refractivity (Wildman–Crippen MR) is 130 cm³/mol. The standard InChI is InChI=1S/C15H13.C8H18Si.C5H5.2ClH.Zr/c1-10-3-5-14-12(7-10)9-13-8-11(2)4-6-15(13)14;1-7(2,3)9-8(4,5)6;1-2-4-5-3-1;;;/h3-7H,9H2,1-2H3;1-6H3;1-5H;2*1H;/q-1;;-1;;;+2/p-2. The minimum Gasteiger partial charge on any atom is -1.00 e. The van der Waals surface area contributed by atoms with Gasteiger partial charge in [-0.3, -0.25) is 0 Å². The third-order valence-corrected chi connectivity index (χ3v) is 19.2. The molecule has 0 aromatic heterocycles. The molecule has 172 valence electrons. The van der Waals surface area contributed by atoms with Crippen LogP contribution < -0.4 is 24.8 Å². The SMILES string of the molecule is CC(C)(C)[Si](=[Zr+2])C(C)(C)C.Cc1[c-]c2c(cc1)-c1ccc(C)cc1C2.[Cl-].[Cl-].c1cc[cH-]c1. The second-order valence-electron chi connectivity index (χ2n) is 10.2. The second kappa shape index (κ2) is 13.4. The van der Waals surface area contributed by atoms with Gasteiger partial charge in [0.1, 0.15) is 0 Å². The van der Waals surface area contributed by atoms with Crippen molar-refractivity contribution in [3.05, 3.63) is 89.0 Å². The zero-order valence-corrected chi connectivity index (χ0v) is 25.7. The Bertz CT molecular complexity index is 895. The molecule has 32 heavy (non-hydrogen) atoms. The molecule has 0 radical (unpaired) electrons. The quantitative estimate of drug-likeness (QED) is 0.228. The number of fused-ring (bicyclic) bond motifs is 3. The Morgan fingerprint density at radius 1 is 0.844 bits per heavy atom. The van der Waals surface area contributed by atoms with E-state index in [1.807, 2.05) is 30.3 Å². The number of hydrogen-bond donors (Lipinski definition) is 0. The Kier molecular flexibility index (Phi) is 13.2. The molecule has 1 aliphatic carbocycles. The van der Waals surface area contributed by atoms with Crippen molar-refractivity contribution in [3.8, 4) is 11.1 Å². The van der Waals surface area contributed by atoms with Crippen molar-refractivity contribution in [1.82, 2.24) is 0 Å². The van der Waals surface area contributed by atoms with Crippen LogP contribution in [0.4, 0.5) is 0 Å². The maximum atomic E-state index is 3.45. The van der Waals surface area contributed by atoms with Gasteiger partial charge in [-0.25, -0.2) is 12.1 Å². The van der Waals surface area contributed by atoms with Crippen molar-refractivity contribution in [2.45, 2.75) is 71.9 Å². The van der Waals surface area contributed by atoms with Gasteiger partial charge in [-0.05, 0) is 18.9 Å². The summed E-state index contributed by atoms with van der Waals surface area (Å²) in [6, 6.07) is 24.5. The van der Waals surface area contributed by atoms with E-state index in [2.05, 4.69) is 91.8 Å². The van der Waals surface area contributed by atoms with Gasteiger partial charge in [-0.1, -0.05) is 36.2 Å². The van der Waals surface area contributed by atoms with Crippen molar-refractivity contribution in [2.75, 3.05) is 0 Å². The van der Waals surface area contributed by atoms with Crippen LogP contribution in [0.1, 0.15) is 63.8 Å². The van der Waals surface area contributed by atoms with Crippen molar-refractivity contribution >= 4 is 5.43 Å². The maximum Gasteiger partial charge on any atom is -0.0253 e. The van der Waals surface area contributed by atoms with E-state index < -0.39 is 0 Å². The molecule has 0 heterocycles. The van der Waals surface area contributed by atoms with Crippen LogP contribution in [0, 0.1) is 19.9 Å². The van der Waals surface area contributed by atoms with Crippen LogP contribution in [0.25, 0.3) is 11.1 Å². The first-order valence-electron chi connectivity index (χ1n) is 10.8. The molecule has 0 N–H and O–H groups in total. The smallest absolute Gasteiger partial charge is 0.0253 e. The summed E-state index contributed by atoms with van der Waals surface area (Å²) in [6.45, 7) is 18.5. The third kappa shape index (κ3) is 9.38. The van der Waals surface area contributed by atoms with Crippen molar-refractivity contribution < 1.29 is 48.1 Å². The Hall–Kier alpha value is -0.530. The molecule has 0 fully saturated rings. The normalized spacial score (nSPS) is 11.3. The fourth-order valence-electron chi connectivity index (χ4n) is 3.82. The molecule has 0 amide bonds. The summed E-state index contributed by atoms with van der Waals surface area (Å²) < 4.78 is 0. The predicted octanol–water partition coefficient (Wildman–Crippen LogP) is 2.21. The monoisotopic (exact) mass is 560 g/mol. The molecular formula is C28H36Cl2SiZr-2. The van der Waals surface area contributed by atoms with Gasteiger partial charge in [-0.15, -0.1) is 11.1 Å². The van der Waals surface area contributed by atoms with Crippen molar-refractivity contribution in [3.63, 3.8) is 0 Å². The molecule has 4 heteroatoms. The Morgan fingerprint density at radius 3 is 1.81 bits per heavy atom. The fraction of sp³-hybridized carbons (Fsp3) is 0.393. The molecular weight excluding hydrogens is 527 g/mol. The minimum absolute atomic E-state index is 0. The molecule has 0 bridgehead atoms. The first-order valence-corrected chi connectivity index (χ1v) is 16.0. The van der Waals surface area contributed by atoms with Gasteiger partial charge in [0.05, 0.1) is 0 Å². The summed E-state index contributed by atoms with van der Waals surface area (Å²) in [5.41, 5.74) is 8.02. The van der Waals surface area contributed by atoms with Crippen LogP contribution in [0.15, 0.2) is 60.7 Å². The zero-order valence-electron chi connectivity index (χ0n) is 20.7. The molecule has 4 rings (SSSR count). The van der Waals surface area contributed by atoms with Gasteiger partial charge in [-0.2, -0.15) is 42.0 Å². The molecule has 3 aromatic rings. The van der Waals surface area contributed by atoms with E-state index in [0.29, 0.717) is 10.1 Å². The summed E-state index contributed by atoms with van der Waals surface area (Å²) >= 11 is 1.77. The second-order valence-corrected chi connectivity index (χ2v) is 17.6. The molecule has 0 saturated heterocycles. The molecule has 0 spiro atoms. The number of benzene rings is 2.